The van der Waals surface area contributed by atoms with Crippen molar-refractivity contribution in [3.05, 3.63) is 58.6 Å². The fraction of sp³-hybridized carbons (Fsp3) is 0.364. The van der Waals surface area contributed by atoms with Gasteiger partial charge in [0.2, 0.25) is 5.91 Å². The highest BCUT2D eigenvalue weighted by atomic mass is 19.1. The lowest BCUT2D eigenvalue weighted by atomic mass is 10.0. The average Bonchev–Trinajstić information content (AvgIpc) is 3.23. The average molecular weight is 409 g/mol. The minimum Gasteiger partial charge on any atom is -0.487 e. The Hall–Kier alpha value is -3.29. The van der Waals surface area contributed by atoms with Crippen molar-refractivity contribution in [2.75, 3.05) is 6.54 Å². The van der Waals surface area contributed by atoms with E-state index in [4.69, 9.17) is 4.74 Å². The van der Waals surface area contributed by atoms with Crippen LogP contribution in [0.25, 0.3) is 11.3 Å². The van der Waals surface area contributed by atoms with Gasteiger partial charge in [0.1, 0.15) is 24.2 Å². The SMILES string of the molecule is Cc1cnc(C)c(-c2cc(F)cc3c2OC(CNC(=O)Cn2nc(C)cc2C)C3)n1. The summed E-state index contributed by atoms with van der Waals surface area (Å²) in [6.45, 7) is 7.96. The summed E-state index contributed by atoms with van der Waals surface area (Å²) < 4.78 is 22.0. The predicted octanol–water partition coefficient (Wildman–Crippen LogP) is 2.83. The molecule has 3 heterocycles. The second kappa shape index (κ2) is 7.85. The van der Waals surface area contributed by atoms with Crippen molar-refractivity contribution in [3.63, 3.8) is 0 Å². The molecule has 0 saturated carbocycles. The molecule has 1 aliphatic rings. The number of carbonyl (C=O) groups excluding carboxylic acids is 1. The van der Waals surface area contributed by atoms with E-state index < -0.39 is 0 Å². The maximum absolute atomic E-state index is 14.3. The van der Waals surface area contributed by atoms with Crippen LogP contribution in [0.2, 0.25) is 0 Å². The zero-order chi connectivity index (χ0) is 21.4. The summed E-state index contributed by atoms with van der Waals surface area (Å²) >= 11 is 0. The van der Waals surface area contributed by atoms with Gasteiger partial charge < -0.3 is 10.1 Å². The van der Waals surface area contributed by atoms with Gasteiger partial charge in [-0.25, -0.2) is 9.37 Å². The lowest BCUT2D eigenvalue weighted by molar-refractivity contribution is -0.122. The van der Waals surface area contributed by atoms with E-state index in [2.05, 4.69) is 20.4 Å². The van der Waals surface area contributed by atoms with Crippen molar-refractivity contribution in [1.29, 1.82) is 0 Å². The molecule has 30 heavy (non-hydrogen) atoms. The van der Waals surface area contributed by atoms with Gasteiger partial charge in [0, 0.05) is 29.4 Å². The number of aromatic nitrogens is 4. The van der Waals surface area contributed by atoms with Gasteiger partial charge in [0.15, 0.2) is 0 Å². The molecule has 2 aromatic heterocycles. The van der Waals surface area contributed by atoms with E-state index in [1.54, 1.807) is 10.9 Å². The first-order chi connectivity index (χ1) is 14.3. The van der Waals surface area contributed by atoms with E-state index >= 15 is 0 Å². The van der Waals surface area contributed by atoms with Crippen LogP contribution in [-0.2, 0) is 17.8 Å². The molecule has 4 rings (SSSR count). The molecule has 3 aromatic rings. The van der Waals surface area contributed by atoms with Crippen LogP contribution in [0.4, 0.5) is 4.39 Å². The van der Waals surface area contributed by atoms with Crippen molar-refractivity contribution in [2.45, 2.75) is 46.8 Å². The predicted molar refractivity (Wildman–Crippen MR) is 110 cm³/mol. The minimum absolute atomic E-state index is 0.146. The first-order valence-corrected chi connectivity index (χ1v) is 9.87. The van der Waals surface area contributed by atoms with Gasteiger partial charge in [-0.3, -0.25) is 14.5 Å². The molecule has 7 nitrogen and oxygen atoms in total. The number of nitrogens with zero attached hydrogens (tertiary/aromatic N) is 4. The zero-order valence-corrected chi connectivity index (χ0v) is 17.5. The van der Waals surface area contributed by atoms with Crippen LogP contribution >= 0.6 is 0 Å². The van der Waals surface area contributed by atoms with E-state index in [1.807, 2.05) is 33.8 Å². The summed E-state index contributed by atoms with van der Waals surface area (Å²) in [5, 5.41) is 7.19. The number of nitrogens with one attached hydrogen (secondary N) is 1. The molecule has 156 valence electrons. The van der Waals surface area contributed by atoms with Gasteiger partial charge in [-0.1, -0.05) is 0 Å². The molecule has 0 bridgehead atoms. The Morgan fingerprint density at radius 3 is 2.77 bits per heavy atom. The number of benzene rings is 1. The highest BCUT2D eigenvalue weighted by Crippen LogP contribution is 2.39. The summed E-state index contributed by atoms with van der Waals surface area (Å²) in [6.07, 6.45) is 1.92. The molecular formula is C22H24FN5O2. The number of ether oxygens (including phenoxy) is 1. The molecule has 0 saturated heterocycles. The van der Waals surface area contributed by atoms with E-state index in [9.17, 15) is 9.18 Å². The lowest BCUT2D eigenvalue weighted by Crippen LogP contribution is -2.36. The van der Waals surface area contributed by atoms with Crippen LogP contribution < -0.4 is 10.1 Å². The van der Waals surface area contributed by atoms with Gasteiger partial charge >= 0.3 is 0 Å². The molecule has 0 spiro atoms. The summed E-state index contributed by atoms with van der Waals surface area (Å²) in [5.41, 5.74) is 5.24. The second-order valence-corrected chi connectivity index (χ2v) is 7.72. The number of carbonyl (C=O) groups is 1. The Bertz CT molecular complexity index is 1120. The molecule has 1 atom stereocenters. The summed E-state index contributed by atoms with van der Waals surface area (Å²) in [5.74, 6) is 0.119. The van der Waals surface area contributed by atoms with E-state index in [0.717, 1.165) is 22.6 Å². The number of fused-ring (bicyclic) bond motifs is 1. The van der Waals surface area contributed by atoms with Crippen molar-refractivity contribution < 1.29 is 13.9 Å². The van der Waals surface area contributed by atoms with Crippen molar-refractivity contribution in [3.8, 4) is 17.0 Å². The number of hydrogen-bond acceptors (Lipinski definition) is 5. The Morgan fingerprint density at radius 2 is 2.03 bits per heavy atom. The molecule has 0 aliphatic carbocycles. The molecule has 1 amide bonds. The third-order valence-electron chi connectivity index (χ3n) is 5.12. The van der Waals surface area contributed by atoms with Gasteiger partial charge in [-0.15, -0.1) is 0 Å². The van der Waals surface area contributed by atoms with Crippen LogP contribution in [0.3, 0.4) is 0 Å². The normalized spacial score (nSPS) is 15.0. The van der Waals surface area contributed by atoms with Crippen LogP contribution in [0.15, 0.2) is 24.4 Å². The summed E-state index contributed by atoms with van der Waals surface area (Å²) in [7, 11) is 0. The fourth-order valence-corrected chi connectivity index (χ4v) is 3.73. The first-order valence-electron chi connectivity index (χ1n) is 9.87. The third-order valence-corrected chi connectivity index (χ3v) is 5.12. The fourth-order valence-electron chi connectivity index (χ4n) is 3.73. The van der Waals surface area contributed by atoms with Crippen LogP contribution in [-0.4, -0.2) is 38.3 Å². The van der Waals surface area contributed by atoms with E-state index in [1.165, 1.54) is 12.1 Å². The largest absolute Gasteiger partial charge is 0.487 e. The quantitative estimate of drug-likeness (QED) is 0.701. The zero-order valence-electron chi connectivity index (χ0n) is 17.5. The second-order valence-electron chi connectivity index (χ2n) is 7.72. The molecular weight excluding hydrogens is 385 g/mol. The third kappa shape index (κ3) is 4.03. The Balaban J connectivity index is 1.47. The molecule has 1 N–H and O–H groups in total. The lowest BCUT2D eigenvalue weighted by Gasteiger charge is -2.14. The number of amides is 1. The summed E-state index contributed by atoms with van der Waals surface area (Å²) in [6, 6.07) is 4.84. The van der Waals surface area contributed by atoms with E-state index in [-0.39, 0.29) is 24.4 Å². The Labute approximate surface area is 174 Å². The molecule has 1 unspecified atom stereocenters. The number of rotatable bonds is 5. The standard InChI is InChI=1S/C22H24FN5O2/c1-12-5-14(3)28(27-12)11-20(29)25-10-18-7-16-6-17(23)8-19(22(16)30-18)21-15(4)24-9-13(2)26-21/h5-6,8-9,18H,7,10-11H2,1-4H3,(H,25,29). The Morgan fingerprint density at radius 1 is 1.23 bits per heavy atom. The molecule has 1 aliphatic heterocycles. The van der Waals surface area contributed by atoms with Crippen LogP contribution in [0.5, 0.6) is 5.75 Å². The molecule has 8 heteroatoms. The van der Waals surface area contributed by atoms with E-state index in [0.29, 0.717) is 35.7 Å². The highest BCUT2D eigenvalue weighted by Gasteiger charge is 2.28. The van der Waals surface area contributed by atoms with Crippen LogP contribution in [0, 0.1) is 33.5 Å². The minimum atomic E-state index is -0.343. The van der Waals surface area contributed by atoms with Crippen molar-refractivity contribution in [1.82, 2.24) is 25.1 Å². The monoisotopic (exact) mass is 409 g/mol. The van der Waals surface area contributed by atoms with Gasteiger partial charge in [-0.2, -0.15) is 5.10 Å². The summed E-state index contributed by atoms with van der Waals surface area (Å²) in [4.78, 5) is 21.2. The first kappa shape index (κ1) is 20.0. The highest BCUT2D eigenvalue weighted by molar-refractivity contribution is 5.76. The number of hydrogen-bond donors (Lipinski definition) is 1. The van der Waals surface area contributed by atoms with Crippen molar-refractivity contribution >= 4 is 5.91 Å². The Kier molecular flexibility index (Phi) is 5.24. The molecule has 0 fully saturated rings. The maximum atomic E-state index is 14.3. The topological polar surface area (TPSA) is 81.9 Å². The maximum Gasteiger partial charge on any atom is 0.241 e. The van der Waals surface area contributed by atoms with Crippen LogP contribution in [0.1, 0.15) is 28.3 Å². The number of halogens is 1. The van der Waals surface area contributed by atoms with Crippen molar-refractivity contribution in [2.24, 2.45) is 0 Å². The smallest absolute Gasteiger partial charge is 0.241 e. The number of aryl methyl sites for hydroxylation is 4. The van der Waals surface area contributed by atoms with Gasteiger partial charge in [0.05, 0.1) is 29.3 Å². The molecule has 0 radical (unpaired) electrons. The van der Waals surface area contributed by atoms with Gasteiger partial charge in [-0.05, 0) is 45.9 Å². The molecule has 1 aromatic carbocycles. The van der Waals surface area contributed by atoms with Gasteiger partial charge in [0.25, 0.3) is 0 Å².